The predicted octanol–water partition coefficient (Wildman–Crippen LogP) is 2.11. The van der Waals surface area contributed by atoms with E-state index in [1.54, 1.807) is 48.5 Å². The summed E-state index contributed by atoms with van der Waals surface area (Å²) in [5.74, 6) is -0.274. The molecule has 0 fully saturated rings. The van der Waals surface area contributed by atoms with Crippen molar-refractivity contribution in [2.45, 2.75) is 0 Å². The fraction of sp³-hybridized carbons (Fsp3) is 0. The van der Waals surface area contributed by atoms with Gasteiger partial charge in [-0.2, -0.15) is 4.98 Å². The van der Waals surface area contributed by atoms with Crippen molar-refractivity contribution in [3.8, 4) is 0 Å². The van der Waals surface area contributed by atoms with Crippen molar-refractivity contribution in [2.24, 2.45) is 0 Å². The fourth-order valence-electron chi connectivity index (χ4n) is 2.03. The van der Waals surface area contributed by atoms with E-state index >= 15 is 0 Å². The van der Waals surface area contributed by atoms with E-state index in [0.29, 0.717) is 22.0 Å². The number of anilines is 3. The summed E-state index contributed by atoms with van der Waals surface area (Å²) in [4.78, 5) is 42.4. The third-order valence-electron chi connectivity index (χ3n) is 3.18. The number of rotatable bonds is 4. The number of hydrogen-bond donors (Lipinski definition) is 4. The van der Waals surface area contributed by atoms with Gasteiger partial charge in [-0.3, -0.25) is 14.8 Å². The molecular weight excluding hydrogens is 346 g/mol. The smallest absolute Gasteiger partial charge is 0.326 e. The molecule has 0 bridgehead atoms. The molecule has 0 spiro atoms. The maximum Gasteiger partial charge on any atom is 0.352 e. The molecule has 1 heterocycles. The maximum atomic E-state index is 12.2. The summed E-state index contributed by atoms with van der Waals surface area (Å²) in [7, 11) is 0. The van der Waals surface area contributed by atoms with Crippen LogP contribution in [0, 0.1) is 0 Å². The van der Waals surface area contributed by atoms with Crippen LogP contribution in [-0.2, 0) is 0 Å². The van der Waals surface area contributed by atoms with Crippen molar-refractivity contribution in [3.05, 3.63) is 80.1 Å². The first-order valence-electron chi connectivity index (χ1n) is 7.14. The Morgan fingerprint density at radius 1 is 0.920 bits per heavy atom. The summed E-state index contributed by atoms with van der Waals surface area (Å²) >= 11 is 5.80. The van der Waals surface area contributed by atoms with Crippen LogP contribution in [0.15, 0.2) is 58.1 Å². The van der Waals surface area contributed by atoms with Crippen molar-refractivity contribution in [2.75, 3.05) is 10.6 Å². The van der Waals surface area contributed by atoms with E-state index in [2.05, 4.69) is 20.6 Å². The molecule has 25 heavy (non-hydrogen) atoms. The molecule has 126 valence electrons. The molecule has 0 radical (unpaired) electrons. The van der Waals surface area contributed by atoms with Gasteiger partial charge in [-0.15, -0.1) is 0 Å². The third kappa shape index (κ3) is 4.33. The van der Waals surface area contributed by atoms with Crippen molar-refractivity contribution < 1.29 is 4.79 Å². The largest absolute Gasteiger partial charge is 0.352 e. The number of benzene rings is 2. The summed E-state index contributed by atoms with van der Waals surface area (Å²) in [5, 5.41) is 6.10. The maximum absolute atomic E-state index is 12.2. The second-order valence-corrected chi connectivity index (χ2v) is 5.44. The van der Waals surface area contributed by atoms with Crippen molar-refractivity contribution in [3.63, 3.8) is 0 Å². The van der Waals surface area contributed by atoms with E-state index in [1.807, 2.05) is 4.98 Å². The van der Waals surface area contributed by atoms with Gasteiger partial charge in [-0.1, -0.05) is 11.6 Å². The number of halogens is 1. The highest BCUT2D eigenvalue weighted by Crippen LogP contribution is 2.16. The molecule has 0 unspecified atom stereocenters. The Labute approximate surface area is 145 Å². The Bertz CT molecular complexity index is 981. The van der Waals surface area contributed by atoms with Crippen LogP contribution < -0.4 is 22.0 Å². The summed E-state index contributed by atoms with van der Waals surface area (Å²) in [6.07, 6.45) is 0. The van der Waals surface area contributed by atoms with Gasteiger partial charge < -0.3 is 10.6 Å². The van der Waals surface area contributed by atoms with Crippen LogP contribution in [0.25, 0.3) is 0 Å². The molecule has 1 aromatic heterocycles. The van der Waals surface area contributed by atoms with E-state index in [0.717, 1.165) is 0 Å². The zero-order valence-electron chi connectivity index (χ0n) is 12.7. The zero-order valence-corrected chi connectivity index (χ0v) is 13.4. The monoisotopic (exact) mass is 357 g/mol. The third-order valence-corrected chi connectivity index (χ3v) is 3.43. The van der Waals surface area contributed by atoms with E-state index in [4.69, 9.17) is 11.6 Å². The van der Waals surface area contributed by atoms with E-state index in [1.165, 1.54) is 0 Å². The predicted molar refractivity (Wildman–Crippen MR) is 94.6 cm³/mol. The molecule has 3 rings (SSSR count). The number of aromatic amines is 2. The van der Waals surface area contributed by atoms with Gasteiger partial charge in [0, 0.05) is 22.0 Å². The van der Waals surface area contributed by atoms with E-state index in [9.17, 15) is 14.4 Å². The van der Waals surface area contributed by atoms with Crippen LogP contribution in [0.5, 0.6) is 0 Å². The van der Waals surface area contributed by atoms with Crippen LogP contribution in [0.4, 0.5) is 17.3 Å². The number of nitrogens with one attached hydrogen (secondary N) is 4. The minimum atomic E-state index is -0.759. The molecule has 3 aromatic rings. The first-order chi connectivity index (χ1) is 12.0. The number of carbonyl (C=O) groups is 1. The number of aromatic nitrogens is 3. The molecule has 0 aliphatic rings. The Morgan fingerprint density at radius 3 is 2.20 bits per heavy atom. The molecule has 0 aliphatic carbocycles. The van der Waals surface area contributed by atoms with Gasteiger partial charge >= 0.3 is 11.4 Å². The van der Waals surface area contributed by atoms with Crippen LogP contribution in [0.1, 0.15) is 10.4 Å². The fourth-order valence-corrected chi connectivity index (χ4v) is 2.16. The van der Waals surface area contributed by atoms with Crippen LogP contribution in [-0.4, -0.2) is 20.9 Å². The summed E-state index contributed by atoms with van der Waals surface area (Å²) in [5.41, 5.74) is 0.193. The van der Waals surface area contributed by atoms with Gasteiger partial charge in [0.15, 0.2) is 0 Å². The Balaban J connectivity index is 1.71. The molecule has 0 aliphatic heterocycles. The van der Waals surface area contributed by atoms with Crippen molar-refractivity contribution in [1.82, 2.24) is 15.0 Å². The number of amides is 1. The van der Waals surface area contributed by atoms with Gasteiger partial charge in [0.25, 0.3) is 5.91 Å². The SMILES string of the molecule is O=C(Nc1ccc(Cl)cc1)c1ccc(Nc2nc(=O)[nH]c(=O)[nH]2)cc1. The highest BCUT2D eigenvalue weighted by molar-refractivity contribution is 6.30. The van der Waals surface area contributed by atoms with Gasteiger partial charge in [-0.25, -0.2) is 9.59 Å². The minimum absolute atomic E-state index is 0.00659. The van der Waals surface area contributed by atoms with Crippen molar-refractivity contribution in [1.29, 1.82) is 0 Å². The summed E-state index contributed by atoms with van der Waals surface area (Å²) in [6, 6.07) is 13.2. The Kier molecular flexibility index (Phi) is 4.62. The number of H-pyrrole nitrogens is 2. The Morgan fingerprint density at radius 2 is 1.56 bits per heavy atom. The topological polar surface area (TPSA) is 120 Å². The first-order valence-corrected chi connectivity index (χ1v) is 7.52. The molecule has 2 aromatic carbocycles. The lowest BCUT2D eigenvalue weighted by atomic mass is 10.2. The second-order valence-electron chi connectivity index (χ2n) is 5.01. The van der Waals surface area contributed by atoms with Gasteiger partial charge in [0.2, 0.25) is 5.95 Å². The zero-order chi connectivity index (χ0) is 17.8. The second kappa shape index (κ2) is 7.02. The first kappa shape index (κ1) is 16.5. The lowest BCUT2D eigenvalue weighted by molar-refractivity contribution is 0.102. The molecule has 1 amide bonds. The molecule has 4 N–H and O–H groups in total. The average Bonchev–Trinajstić information content (AvgIpc) is 2.56. The number of carbonyl (C=O) groups excluding carboxylic acids is 1. The van der Waals surface area contributed by atoms with Gasteiger partial charge in [0.1, 0.15) is 0 Å². The number of nitrogens with zero attached hydrogens (tertiary/aromatic N) is 1. The minimum Gasteiger partial charge on any atom is -0.326 e. The van der Waals surface area contributed by atoms with Crippen molar-refractivity contribution >= 4 is 34.8 Å². The van der Waals surface area contributed by atoms with Crippen LogP contribution in [0.2, 0.25) is 5.02 Å². The molecule has 0 atom stereocenters. The lowest BCUT2D eigenvalue weighted by Crippen LogP contribution is -2.25. The standard InChI is InChI=1S/C16H12ClN5O3/c17-10-3-7-11(8-4-10)18-13(23)9-1-5-12(6-2-9)19-14-20-15(24)22-16(25)21-14/h1-8H,(H,18,23)(H3,19,20,21,22,24,25). The van der Waals surface area contributed by atoms with E-state index < -0.39 is 11.4 Å². The molecule has 0 saturated carbocycles. The van der Waals surface area contributed by atoms with E-state index in [-0.39, 0.29) is 11.9 Å². The molecule has 8 nitrogen and oxygen atoms in total. The highest BCUT2D eigenvalue weighted by Gasteiger charge is 2.07. The van der Waals surface area contributed by atoms with Crippen LogP contribution in [0.3, 0.4) is 0 Å². The Hall–Kier alpha value is -3.39. The average molecular weight is 358 g/mol. The van der Waals surface area contributed by atoms with Crippen LogP contribution >= 0.6 is 11.6 Å². The van der Waals surface area contributed by atoms with Gasteiger partial charge in [0.05, 0.1) is 0 Å². The number of hydrogen-bond acceptors (Lipinski definition) is 5. The quantitative estimate of drug-likeness (QED) is 0.570. The summed E-state index contributed by atoms with van der Waals surface area (Å²) < 4.78 is 0. The molecule has 9 heteroatoms. The summed E-state index contributed by atoms with van der Waals surface area (Å²) in [6.45, 7) is 0. The van der Waals surface area contributed by atoms with Gasteiger partial charge in [-0.05, 0) is 48.5 Å². The highest BCUT2D eigenvalue weighted by atomic mass is 35.5. The normalized spacial score (nSPS) is 10.3. The lowest BCUT2D eigenvalue weighted by Gasteiger charge is -2.07. The molecular formula is C16H12ClN5O3. The molecule has 0 saturated heterocycles.